The van der Waals surface area contributed by atoms with Gasteiger partial charge in [-0.3, -0.25) is 9.59 Å². The van der Waals surface area contributed by atoms with Crippen LogP contribution in [0.3, 0.4) is 0 Å². The zero-order valence-corrected chi connectivity index (χ0v) is 16.5. The van der Waals surface area contributed by atoms with Crippen molar-refractivity contribution in [1.29, 1.82) is 0 Å². The number of carbonyl (C=O) groups is 2. The van der Waals surface area contributed by atoms with E-state index in [1.165, 1.54) is 6.42 Å². The lowest BCUT2D eigenvalue weighted by Crippen LogP contribution is -2.36. The van der Waals surface area contributed by atoms with Crippen LogP contribution in [0.2, 0.25) is 0 Å². The standard InChI is InChI=1S/C22H23N3O2S/c26-20(12-13-21-24-18-10-4-5-11-19(18)28-21)23-17-9-3-2-8-16(17)22(27)25-14-6-1-7-15-25/h2-5,8-11H,1,6-7,12-15H2,(H,23,26). The number of thiazole rings is 1. The molecule has 1 fully saturated rings. The number of benzene rings is 2. The van der Waals surface area contributed by atoms with Crippen molar-refractivity contribution in [2.24, 2.45) is 0 Å². The number of aromatic nitrogens is 1. The number of carbonyl (C=O) groups excluding carboxylic acids is 2. The summed E-state index contributed by atoms with van der Waals surface area (Å²) in [6, 6.07) is 15.3. The van der Waals surface area contributed by atoms with Gasteiger partial charge in [0.15, 0.2) is 0 Å². The second-order valence-electron chi connectivity index (χ2n) is 7.02. The summed E-state index contributed by atoms with van der Waals surface area (Å²) in [7, 11) is 0. The van der Waals surface area contributed by atoms with Crippen LogP contribution >= 0.6 is 11.3 Å². The molecule has 0 atom stereocenters. The first kappa shape index (κ1) is 18.6. The first-order valence-electron chi connectivity index (χ1n) is 9.73. The van der Waals surface area contributed by atoms with E-state index in [1.807, 2.05) is 41.3 Å². The molecule has 1 aliphatic heterocycles. The highest BCUT2D eigenvalue weighted by Gasteiger charge is 2.21. The number of amides is 2. The summed E-state index contributed by atoms with van der Waals surface area (Å²) >= 11 is 1.62. The van der Waals surface area contributed by atoms with Crippen LogP contribution in [0.1, 0.15) is 41.0 Å². The number of rotatable bonds is 5. The molecule has 2 aromatic carbocycles. The van der Waals surface area contributed by atoms with E-state index < -0.39 is 0 Å². The minimum atomic E-state index is -0.0989. The Morgan fingerprint density at radius 2 is 1.75 bits per heavy atom. The Kier molecular flexibility index (Phi) is 5.67. The van der Waals surface area contributed by atoms with Crippen LogP contribution in [-0.4, -0.2) is 34.8 Å². The molecule has 2 amide bonds. The highest BCUT2D eigenvalue weighted by Crippen LogP contribution is 2.23. The van der Waals surface area contributed by atoms with Gasteiger partial charge in [0, 0.05) is 25.9 Å². The Hall–Kier alpha value is -2.73. The number of likely N-dealkylation sites (tertiary alicyclic amines) is 1. The van der Waals surface area contributed by atoms with Gasteiger partial charge in [0.2, 0.25) is 5.91 Å². The molecule has 28 heavy (non-hydrogen) atoms. The van der Waals surface area contributed by atoms with Crippen molar-refractivity contribution in [3.8, 4) is 0 Å². The molecule has 0 aliphatic carbocycles. The smallest absolute Gasteiger partial charge is 0.255 e. The van der Waals surface area contributed by atoms with Gasteiger partial charge in [-0.2, -0.15) is 0 Å². The Morgan fingerprint density at radius 1 is 1.00 bits per heavy atom. The SMILES string of the molecule is O=C(CCc1nc2ccccc2s1)Nc1ccccc1C(=O)N1CCCCC1. The normalized spacial score (nSPS) is 14.2. The Morgan fingerprint density at radius 3 is 2.57 bits per heavy atom. The van der Waals surface area contributed by atoms with Crippen molar-refractivity contribution >= 4 is 39.1 Å². The van der Waals surface area contributed by atoms with Crippen molar-refractivity contribution in [1.82, 2.24) is 9.88 Å². The highest BCUT2D eigenvalue weighted by atomic mass is 32.1. The fourth-order valence-electron chi connectivity index (χ4n) is 3.51. The van der Waals surface area contributed by atoms with E-state index in [1.54, 1.807) is 23.5 Å². The molecule has 1 aliphatic rings. The summed E-state index contributed by atoms with van der Waals surface area (Å²) in [5.41, 5.74) is 2.13. The van der Waals surface area contributed by atoms with Gasteiger partial charge in [0.1, 0.15) is 0 Å². The van der Waals surface area contributed by atoms with Gasteiger partial charge < -0.3 is 10.2 Å². The van der Waals surface area contributed by atoms with Crippen LogP contribution in [-0.2, 0) is 11.2 Å². The van der Waals surface area contributed by atoms with Gasteiger partial charge in [0.25, 0.3) is 5.91 Å². The van der Waals surface area contributed by atoms with Crippen molar-refractivity contribution in [3.05, 3.63) is 59.1 Å². The minimum Gasteiger partial charge on any atom is -0.339 e. The van der Waals surface area contributed by atoms with Crippen LogP contribution in [0.4, 0.5) is 5.69 Å². The highest BCUT2D eigenvalue weighted by molar-refractivity contribution is 7.18. The molecule has 0 radical (unpaired) electrons. The molecule has 6 heteroatoms. The van der Waals surface area contributed by atoms with E-state index in [-0.39, 0.29) is 11.8 Å². The number of nitrogens with one attached hydrogen (secondary N) is 1. The number of anilines is 1. The third-order valence-corrected chi connectivity index (χ3v) is 6.08. The topological polar surface area (TPSA) is 62.3 Å². The predicted molar refractivity (Wildman–Crippen MR) is 113 cm³/mol. The van der Waals surface area contributed by atoms with Crippen molar-refractivity contribution in [2.45, 2.75) is 32.1 Å². The third kappa shape index (κ3) is 4.22. The molecule has 1 aromatic heterocycles. The first-order valence-corrected chi connectivity index (χ1v) is 10.5. The number of para-hydroxylation sites is 2. The van der Waals surface area contributed by atoms with E-state index in [0.717, 1.165) is 41.2 Å². The molecular weight excluding hydrogens is 370 g/mol. The lowest BCUT2D eigenvalue weighted by molar-refractivity contribution is -0.116. The third-order valence-electron chi connectivity index (χ3n) is 4.98. The average molecular weight is 394 g/mol. The van der Waals surface area contributed by atoms with E-state index in [0.29, 0.717) is 24.1 Å². The largest absolute Gasteiger partial charge is 0.339 e. The van der Waals surface area contributed by atoms with Crippen LogP contribution < -0.4 is 5.32 Å². The van der Waals surface area contributed by atoms with E-state index in [9.17, 15) is 9.59 Å². The molecule has 144 valence electrons. The molecule has 5 nitrogen and oxygen atoms in total. The van der Waals surface area contributed by atoms with Crippen LogP contribution in [0.25, 0.3) is 10.2 Å². The average Bonchev–Trinajstić information content (AvgIpc) is 3.16. The zero-order chi connectivity index (χ0) is 19.3. The summed E-state index contributed by atoms with van der Waals surface area (Å²) in [5, 5.41) is 3.88. The monoisotopic (exact) mass is 393 g/mol. The number of hydrogen-bond donors (Lipinski definition) is 1. The predicted octanol–water partition coefficient (Wildman–Crippen LogP) is 4.49. The summed E-state index contributed by atoms with van der Waals surface area (Å²) in [6.45, 7) is 1.58. The van der Waals surface area contributed by atoms with Gasteiger partial charge in [0.05, 0.1) is 26.5 Å². The molecule has 2 heterocycles. The molecular formula is C22H23N3O2S. The van der Waals surface area contributed by atoms with E-state index in [4.69, 9.17) is 0 Å². The van der Waals surface area contributed by atoms with Crippen molar-refractivity contribution in [3.63, 3.8) is 0 Å². The van der Waals surface area contributed by atoms with Gasteiger partial charge in [-0.1, -0.05) is 24.3 Å². The van der Waals surface area contributed by atoms with Gasteiger partial charge >= 0.3 is 0 Å². The van der Waals surface area contributed by atoms with Gasteiger partial charge in [-0.15, -0.1) is 11.3 Å². The quantitative estimate of drug-likeness (QED) is 0.694. The second-order valence-corrected chi connectivity index (χ2v) is 8.14. The molecule has 0 saturated carbocycles. The van der Waals surface area contributed by atoms with Crippen LogP contribution in [0.5, 0.6) is 0 Å². The Balaban J connectivity index is 1.40. The number of aryl methyl sites for hydroxylation is 1. The lowest BCUT2D eigenvalue weighted by atomic mass is 10.1. The zero-order valence-electron chi connectivity index (χ0n) is 15.7. The van der Waals surface area contributed by atoms with E-state index >= 15 is 0 Å². The first-order chi connectivity index (χ1) is 13.7. The molecule has 1 N–H and O–H groups in total. The molecule has 0 spiro atoms. The fourth-order valence-corrected chi connectivity index (χ4v) is 4.47. The maximum absolute atomic E-state index is 12.8. The summed E-state index contributed by atoms with van der Waals surface area (Å²) in [4.78, 5) is 31.8. The second kappa shape index (κ2) is 8.52. The van der Waals surface area contributed by atoms with Gasteiger partial charge in [-0.05, 0) is 43.5 Å². The molecule has 0 bridgehead atoms. The van der Waals surface area contributed by atoms with Gasteiger partial charge in [-0.25, -0.2) is 4.98 Å². The maximum Gasteiger partial charge on any atom is 0.255 e. The van der Waals surface area contributed by atoms with Crippen molar-refractivity contribution in [2.75, 3.05) is 18.4 Å². The van der Waals surface area contributed by atoms with Crippen molar-refractivity contribution < 1.29 is 9.59 Å². The Labute approximate surface area is 168 Å². The summed E-state index contributed by atoms with van der Waals surface area (Å²) < 4.78 is 1.13. The Bertz CT molecular complexity index is 959. The van der Waals surface area contributed by atoms with Crippen LogP contribution in [0, 0.1) is 0 Å². The maximum atomic E-state index is 12.8. The number of nitrogens with zero attached hydrogens (tertiary/aromatic N) is 2. The van der Waals surface area contributed by atoms with Crippen LogP contribution in [0.15, 0.2) is 48.5 Å². The molecule has 3 aromatic rings. The summed E-state index contributed by atoms with van der Waals surface area (Å²) in [5.74, 6) is -0.0973. The number of piperidine rings is 1. The van der Waals surface area contributed by atoms with E-state index in [2.05, 4.69) is 10.3 Å². The molecule has 4 rings (SSSR count). The minimum absolute atomic E-state index is 0.00164. The fraction of sp³-hybridized carbons (Fsp3) is 0.318. The molecule has 1 saturated heterocycles. The summed E-state index contributed by atoms with van der Waals surface area (Å²) in [6.07, 6.45) is 4.19. The molecule has 0 unspecified atom stereocenters. The number of fused-ring (bicyclic) bond motifs is 1. The lowest BCUT2D eigenvalue weighted by Gasteiger charge is -2.27. The number of hydrogen-bond acceptors (Lipinski definition) is 4.